The van der Waals surface area contributed by atoms with E-state index in [1.807, 2.05) is 0 Å². The Balaban J connectivity index is -0.000000339. The van der Waals surface area contributed by atoms with Crippen molar-refractivity contribution < 1.29 is 59.4 Å². The molecule has 2 aromatic rings. The van der Waals surface area contributed by atoms with E-state index in [1.165, 1.54) is 268 Å². The van der Waals surface area contributed by atoms with Gasteiger partial charge in [0.1, 0.15) is 0 Å². The summed E-state index contributed by atoms with van der Waals surface area (Å²) in [5.41, 5.74) is -0.246. The van der Waals surface area contributed by atoms with Crippen LogP contribution in [-0.2, 0) is 28.8 Å². The smallest absolute Gasteiger partial charge is 0.0721 e. The molecule has 0 aromatic heterocycles. The van der Waals surface area contributed by atoms with E-state index in [2.05, 4.69) is 55.4 Å². The maximum absolute atomic E-state index is 10.6. The van der Waals surface area contributed by atoms with Gasteiger partial charge in [-0.3, -0.25) is 0 Å². The minimum absolute atomic E-state index is 0.149. The molecule has 0 saturated heterocycles. The Morgan fingerprint density at radius 2 is 0.442 bits per heavy atom. The Morgan fingerprint density at radius 1 is 0.263 bits per heavy atom. The van der Waals surface area contributed by atoms with E-state index in [-0.39, 0.29) is 87.4 Å². The van der Waals surface area contributed by atoms with Crippen molar-refractivity contribution in [2.75, 3.05) is 0 Å². The summed E-state index contributed by atoms with van der Waals surface area (Å²) in [5, 5.41) is 62.0. The second-order valence-corrected chi connectivity index (χ2v) is 37.4. The van der Waals surface area contributed by atoms with Crippen molar-refractivity contribution in [3.05, 3.63) is 83.9 Å². The van der Waals surface area contributed by atoms with Crippen LogP contribution in [0.15, 0.2) is 72.8 Å². The van der Waals surface area contributed by atoms with E-state index >= 15 is 0 Å². The molecule has 540 valence electrons. The minimum Gasteiger partial charge on any atom is -0.545 e. The maximum atomic E-state index is 10.6. The normalized spacial score (nSPS) is 10.4. The molecule has 0 aliphatic rings. The summed E-state index contributed by atoms with van der Waals surface area (Å²) >= 11 is 0.448. The first kappa shape index (κ1) is 101. The molecule has 95 heavy (non-hydrogen) atoms. The van der Waals surface area contributed by atoms with Crippen LogP contribution < -0.4 is 30.6 Å². The maximum Gasteiger partial charge on any atom is 0.0721 e. The molecule has 0 aliphatic carbocycles. The van der Waals surface area contributed by atoms with Crippen LogP contribution in [0.3, 0.4) is 0 Å². The van der Waals surface area contributed by atoms with Gasteiger partial charge in [-0.2, -0.15) is 0 Å². The SMILES string of the molecule is CCCCCCCCCCCCCCCCCC(=O)[O-].CCCCCCCCCCCCCCCCCC(=O)[O-].CCC[CH2][Sn+2][CH2]CCC.CCC[CH2][Sn+2][CH2]CCC.CCC[CH2][Sn+2][CH2]CCC.O=C([O-])/C=C(\C(=O)[O-])c1ccccc1.O=C([O-])/C=C(\C(=O)[O-])c1ccccc1. The summed E-state index contributed by atoms with van der Waals surface area (Å²) < 4.78 is 9.75. The predicted octanol–water partition coefficient (Wildman–Crippen LogP) is 16.5. The fourth-order valence-corrected chi connectivity index (χ4v) is 21.9. The Labute approximate surface area is 613 Å². The number of unbranched alkanes of at least 4 members (excludes halogenated alkanes) is 34. The number of carboxylic acids is 6. The van der Waals surface area contributed by atoms with Crippen molar-refractivity contribution in [3.8, 4) is 0 Å². The number of benzene rings is 2. The summed E-state index contributed by atoms with van der Waals surface area (Å²) in [6, 6.07) is 15.7. The topological polar surface area (TPSA) is 241 Å². The first-order valence-corrected chi connectivity index (χ1v) is 50.0. The van der Waals surface area contributed by atoms with Gasteiger partial charge in [0.2, 0.25) is 0 Å². The predicted molar refractivity (Wildman–Crippen MR) is 394 cm³/mol. The largest absolute Gasteiger partial charge is 0.545 e. The third-order valence-corrected chi connectivity index (χ3v) is 27.5. The van der Waals surface area contributed by atoms with E-state index in [9.17, 15) is 59.4 Å². The average molecular weight is 1650 g/mol. The van der Waals surface area contributed by atoms with Crippen molar-refractivity contribution in [3.63, 3.8) is 0 Å². The molecule has 0 amide bonds. The van der Waals surface area contributed by atoms with Gasteiger partial charge in [0.05, 0.1) is 23.9 Å². The van der Waals surface area contributed by atoms with Gasteiger partial charge in [0.25, 0.3) is 0 Å². The van der Waals surface area contributed by atoms with Gasteiger partial charge in [0.15, 0.2) is 0 Å². The molecule has 0 unspecified atom stereocenters. The van der Waals surface area contributed by atoms with Gasteiger partial charge in [-0.05, 0) is 49.0 Å². The van der Waals surface area contributed by atoms with Crippen LogP contribution in [0, 0.1) is 0 Å². The van der Waals surface area contributed by atoms with Gasteiger partial charge < -0.3 is 59.4 Å². The molecule has 0 fully saturated rings. The molecular formula is C80H136O12Sn3. The van der Waals surface area contributed by atoms with Crippen LogP contribution in [0.4, 0.5) is 0 Å². The monoisotopic (exact) mass is 1650 g/mol. The molecule has 0 radical (unpaired) electrons. The molecule has 0 N–H and O–H groups in total. The number of carbonyl (C=O) groups excluding carboxylic acids is 6. The molecule has 2 rings (SSSR count). The second-order valence-electron chi connectivity index (χ2n) is 24.6. The zero-order chi connectivity index (χ0) is 71.7. The van der Waals surface area contributed by atoms with E-state index < -0.39 is 47.0 Å². The Hall–Kier alpha value is -2.86. The molecule has 12 nitrogen and oxygen atoms in total. The van der Waals surface area contributed by atoms with Crippen LogP contribution >= 0.6 is 0 Å². The summed E-state index contributed by atoms with van der Waals surface area (Å²) in [5.74, 6) is -8.01. The van der Waals surface area contributed by atoms with Crippen molar-refractivity contribution in [1.82, 2.24) is 0 Å². The molecule has 0 atom stereocenters. The fourth-order valence-electron chi connectivity index (χ4n) is 9.46. The molecule has 0 aliphatic heterocycles. The number of hydrogen-bond donors (Lipinski definition) is 0. The number of hydrogen-bond acceptors (Lipinski definition) is 12. The Bertz CT molecular complexity index is 1840. The van der Waals surface area contributed by atoms with Gasteiger partial charge in [-0.1, -0.05) is 254 Å². The molecule has 0 heterocycles. The van der Waals surface area contributed by atoms with E-state index in [0.717, 1.165) is 25.7 Å². The second kappa shape index (κ2) is 87.2. The standard InChI is InChI=1S/2C18H36O2.2C10H8O4.6C4H9.3Sn/c2*1-2-3-4-5-6-7-8-9-10-11-12-13-14-15-16-17-18(19)20;2*11-9(12)6-8(10(13)14)7-4-2-1-3-5-7;6*1-3-4-2;;;/h2*2-17H2,1H3,(H,19,20);2*1-6H,(H,11,12)(H,13,14);6*1,3-4H2,2H3;;;/q;;;;;;;;;;3*+2/p-6/b;;2*8-6-;;;;;;;;;. The molecule has 15 heteroatoms. The molecule has 2 aromatic carbocycles. The summed E-state index contributed by atoms with van der Waals surface area (Å²) in [7, 11) is 0. The number of carbonyl (C=O) groups is 6. The van der Waals surface area contributed by atoms with E-state index in [1.54, 1.807) is 63.0 Å². The molecular weight excluding hydrogens is 1510 g/mol. The molecule has 0 bridgehead atoms. The van der Waals surface area contributed by atoms with Gasteiger partial charge in [-0.25, -0.2) is 0 Å². The van der Waals surface area contributed by atoms with Gasteiger partial charge in [-0.15, -0.1) is 0 Å². The zero-order valence-electron chi connectivity index (χ0n) is 61.7. The van der Waals surface area contributed by atoms with Crippen molar-refractivity contribution in [2.24, 2.45) is 0 Å². The van der Waals surface area contributed by atoms with Crippen LogP contribution in [-0.4, -0.2) is 99.2 Å². The molecule has 0 saturated carbocycles. The van der Waals surface area contributed by atoms with Crippen LogP contribution in [0.5, 0.6) is 0 Å². The summed E-state index contributed by atoms with van der Waals surface area (Å²) in [4.78, 5) is 62.0. The van der Waals surface area contributed by atoms with Crippen LogP contribution in [0.25, 0.3) is 11.1 Å². The number of rotatable bonds is 56. The zero-order valence-corrected chi connectivity index (χ0v) is 70.2. The van der Waals surface area contributed by atoms with Crippen molar-refractivity contribution in [1.29, 1.82) is 0 Å². The third kappa shape index (κ3) is 91.1. The quantitative estimate of drug-likeness (QED) is 0.0341. The minimum atomic E-state index is -1.56. The summed E-state index contributed by atoms with van der Waals surface area (Å²) in [6.07, 6.45) is 58.2. The van der Waals surface area contributed by atoms with Gasteiger partial charge >= 0.3 is 209 Å². The van der Waals surface area contributed by atoms with E-state index in [4.69, 9.17) is 0 Å². The van der Waals surface area contributed by atoms with E-state index in [0.29, 0.717) is 12.2 Å². The van der Waals surface area contributed by atoms with Crippen LogP contribution in [0.1, 0.15) is 349 Å². The van der Waals surface area contributed by atoms with Crippen LogP contribution in [0.2, 0.25) is 26.6 Å². The molecule has 0 spiro atoms. The number of aliphatic carboxylic acids is 6. The van der Waals surface area contributed by atoms with Crippen molar-refractivity contribution in [2.45, 2.75) is 365 Å². The first-order valence-electron chi connectivity index (χ1n) is 37.9. The third-order valence-electron chi connectivity index (χ3n) is 15.3. The Morgan fingerprint density at radius 3 is 0.600 bits per heavy atom. The van der Waals surface area contributed by atoms with Gasteiger partial charge in [0, 0.05) is 23.1 Å². The fraction of sp³-hybridized carbons (Fsp3) is 0.725. The first-order chi connectivity index (χ1) is 46.0. The average Bonchev–Trinajstić information content (AvgIpc) is 1.000. The number of carboxylic acid groups (broad SMARTS) is 6. The Kier molecular flexibility index (Phi) is 92.5. The van der Waals surface area contributed by atoms with Crippen molar-refractivity contribution >= 4 is 110 Å². The summed E-state index contributed by atoms with van der Waals surface area (Å²) in [6.45, 7) is 18.3.